The van der Waals surface area contributed by atoms with E-state index in [1.165, 1.54) is 0 Å². The van der Waals surface area contributed by atoms with Crippen LogP contribution in [-0.2, 0) is 11.2 Å². The minimum absolute atomic E-state index is 0.0223. The summed E-state index contributed by atoms with van der Waals surface area (Å²) in [5.74, 6) is 0.0806. The molecule has 1 aliphatic rings. The highest BCUT2D eigenvalue weighted by Crippen LogP contribution is 2.10. The first-order valence-corrected chi connectivity index (χ1v) is 7.47. The normalized spacial score (nSPS) is 21.0. The zero-order valence-electron chi connectivity index (χ0n) is 12.3. The molecule has 1 aliphatic heterocycles. The van der Waals surface area contributed by atoms with Gasteiger partial charge in [-0.05, 0) is 23.8 Å². The smallest absolute Gasteiger partial charge is 0.224 e. The molecule has 2 heterocycles. The molecular weight excluding hydrogens is 280 g/mol. The second-order valence-corrected chi connectivity index (χ2v) is 5.58. The van der Waals surface area contributed by atoms with Gasteiger partial charge in [-0.2, -0.15) is 5.10 Å². The van der Waals surface area contributed by atoms with Gasteiger partial charge < -0.3 is 15.7 Å². The minimum atomic E-state index is -0.367. The summed E-state index contributed by atoms with van der Waals surface area (Å²) in [6.45, 7) is 1.87. The van der Waals surface area contributed by atoms with Crippen LogP contribution in [0.3, 0.4) is 0 Å². The summed E-state index contributed by atoms with van der Waals surface area (Å²) < 4.78 is 1.78. The van der Waals surface area contributed by atoms with Crippen LogP contribution >= 0.6 is 0 Å². The van der Waals surface area contributed by atoms with E-state index in [2.05, 4.69) is 15.7 Å². The molecule has 2 aromatic rings. The van der Waals surface area contributed by atoms with Crippen LogP contribution in [0.5, 0.6) is 0 Å². The largest absolute Gasteiger partial charge is 0.391 e. The number of benzene rings is 1. The molecule has 3 N–H and O–H groups in total. The Labute approximate surface area is 129 Å². The van der Waals surface area contributed by atoms with Crippen LogP contribution < -0.4 is 10.6 Å². The van der Waals surface area contributed by atoms with Crippen LogP contribution in [0.4, 0.5) is 0 Å². The number of hydrogen-bond acceptors (Lipinski definition) is 4. The van der Waals surface area contributed by atoms with E-state index in [0.29, 0.717) is 19.5 Å². The number of aliphatic hydroxyl groups is 1. The van der Waals surface area contributed by atoms with E-state index in [-0.39, 0.29) is 17.9 Å². The molecule has 116 valence electrons. The summed E-state index contributed by atoms with van der Waals surface area (Å²) in [5, 5.41) is 19.9. The Morgan fingerprint density at radius 3 is 2.82 bits per heavy atom. The number of β-amino-alcohol motifs (C(OH)–C–C–N with tert-alkyl or cyclic N) is 1. The van der Waals surface area contributed by atoms with Crippen molar-refractivity contribution < 1.29 is 9.90 Å². The second kappa shape index (κ2) is 6.72. The number of hydrogen-bond donors (Lipinski definition) is 3. The lowest BCUT2D eigenvalue weighted by Crippen LogP contribution is -2.35. The highest BCUT2D eigenvalue weighted by molar-refractivity contribution is 5.78. The van der Waals surface area contributed by atoms with Crippen LogP contribution in [0.25, 0.3) is 5.69 Å². The number of amides is 1. The summed E-state index contributed by atoms with van der Waals surface area (Å²) >= 11 is 0. The van der Waals surface area contributed by atoms with E-state index in [0.717, 1.165) is 17.8 Å². The van der Waals surface area contributed by atoms with Crippen LogP contribution in [0.2, 0.25) is 0 Å². The predicted molar refractivity (Wildman–Crippen MR) is 82.6 cm³/mol. The third kappa shape index (κ3) is 3.52. The first-order chi connectivity index (χ1) is 10.7. The Morgan fingerprint density at radius 1 is 1.36 bits per heavy atom. The molecule has 1 aromatic heterocycles. The molecule has 0 saturated carbocycles. The van der Waals surface area contributed by atoms with Crippen molar-refractivity contribution in [1.29, 1.82) is 0 Å². The summed E-state index contributed by atoms with van der Waals surface area (Å²) in [5.41, 5.74) is 1.92. The van der Waals surface area contributed by atoms with E-state index in [1.807, 2.05) is 36.5 Å². The maximum Gasteiger partial charge on any atom is 0.224 e. The van der Waals surface area contributed by atoms with Gasteiger partial charge in [0.2, 0.25) is 5.91 Å². The van der Waals surface area contributed by atoms with Crippen molar-refractivity contribution in [2.24, 2.45) is 5.92 Å². The number of nitrogens with zero attached hydrogens (tertiary/aromatic N) is 2. The number of carbonyl (C=O) groups excluding carboxylic acids is 1. The molecular formula is C16H20N4O2. The molecule has 0 spiro atoms. The Balaban J connectivity index is 1.51. The molecule has 1 amide bonds. The van der Waals surface area contributed by atoms with Gasteiger partial charge in [-0.3, -0.25) is 4.79 Å². The molecule has 6 heteroatoms. The van der Waals surface area contributed by atoms with E-state index < -0.39 is 0 Å². The van der Waals surface area contributed by atoms with Gasteiger partial charge in [0.05, 0.1) is 18.2 Å². The Bertz CT molecular complexity index is 610. The number of aliphatic hydroxyl groups excluding tert-OH is 1. The monoisotopic (exact) mass is 300 g/mol. The molecule has 22 heavy (non-hydrogen) atoms. The minimum Gasteiger partial charge on any atom is -0.391 e. The molecule has 0 bridgehead atoms. The average Bonchev–Trinajstić information content (AvgIpc) is 3.18. The number of aromatic nitrogens is 2. The van der Waals surface area contributed by atoms with Gasteiger partial charge in [-0.1, -0.05) is 12.1 Å². The average molecular weight is 300 g/mol. The first-order valence-electron chi connectivity index (χ1n) is 7.47. The Morgan fingerprint density at radius 2 is 2.18 bits per heavy atom. The first kappa shape index (κ1) is 14.7. The lowest BCUT2D eigenvalue weighted by Gasteiger charge is -2.14. The fourth-order valence-corrected chi connectivity index (χ4v) is 2.61. The van der Waals surface area contributed by atoms with Crippen LogP contribution in [0.15, 0.2) is 42.7 Å². The van der Waals surface area contributed by atoms with Gasteiger partial charge in [-0.15, -0.1) is 0 Å². The zero-order valence-corrected chi connectivity index (χ0v) is 12.3. The Hall–Kier alpha value is -2.18. The fraction of sp³-hybridized carbons (Fsp3) is 0.375. The zero-order chi connectivity index (χ0) is 15.4. The second-order valence-electron chi connectivity index (χ2n) is 5.58. The van der Waals surface area contributed by atoms with Crippen LogP contribution in [0.1, 0.15) is 5.56 Å². The van der Waals surface area contributed by atoms with Gasteiger partial charge in [0.1, 0.15) is 0 Å². The molecule has 1 fully saturated rings. The SMILES string of the molecule is O=C(Cc1ccc(-n2cccn2)cc1)NCC1CNCC1O. The van der Waals surface area contributed by atoms with E-state index in [4.69, 9.17) is 0 Å². The van der Waals surface area contributed by atoms with Crippen molar-refractivity contribution in [3.8, 4) is 5.69 Å². The summed E-state index contributed by atoms with van der Waals surface area (Å²) in [6.07, 6.45) is 3.58. The van der Waals surface area contributed by atoms with Crippen molar-refractivity contribution in [1.82, 2.24) is 20.4 Å². The van der Waals surface area contributed by atoms with Gasteiger partial charge >= 0.3 is 0 Å². The summed E-state index contributed by atoms with van der Waals surface area (Å²) in [6, 6.07) is 9.62. The third-order valence-electron chi connectivity index (χ3n) is 3.94. The summed E-state index contributed by atoms with van der Waals surface area (Å²) in [7, 11) is 0. The molecule has 2 atom stereocenters. The molecule has 1 aromatic carbocycles. The third-order valence-corrected chi connectivity index (χ3v) is 3.94. The van der Waals surface area contributed by atoms with Crippen LogP contribution in [0, 0.1) is 5.92 Å². The molecule has 1 saturated heterocycles. The topological polar surface area (TPSA) is 79.2 Å². The van der Waals surface area contributed by atoms with Crippen molar-refractivity contribution >= 4 is 5.91 Å². The maximum absolute atomic E-state index is 12.0. The summed E-state index contributed by atoms with van der Waals surface area (Å²) in [4.78, 5) is 12.0. The number of rotatable bonds is 5. The fourth-order valence-electron chi connectivity index (χ4n) is 2.61. The highest BCUT2D eigenvalue weighted by Gasteiger charge is 2.24. The number of nitrogens with one attached hydrogen (secondary N) is 2. The quantitative estimate of drug-likeness (QED) is 0.732. The Kier molecular flexibility index (Phi) is 4.50. The van der Waals surface area contributed by atoms with E-state index in [1.54, 1.807) is 10.9 Å². The van der Waals surface area contributed by atoms with E-state index in [9.17, 15) is 9.90 Å². The molecule has 0 radical (unpaired) electrons. The molecule has 2 unspecified atom stereocenters. The predicted octanol–water partition coefficient (Wildman–Crippen LogP) is 0.111. The van der Waals surface area contributed by atoms with Gasteiger partial charge in [-0.25, -0.2) is 4.68 Å². The van der Waals surface area contributed by atoms with Crippen molar-refractivity contribution in [3.05, 3.63) is 48.3 Å². The highest BCUT2D eigenvalue weighted by atomic mass is 16.3. The molecule has 3 rings (SSSR count). The van der Waals surface area contributed by atoms with Gasteiger partial charge in [0.25, 0.3) is 0 Å². The molecule has 0 aliphatic carbocycles. The lowest BCUT2D eigenvalue weighted by molar-refractivity contribution is -0.120. The van der Waals surface area contributed by atoms with Gasteiger partial charge in [0.15, 0.2) is 0 Å². The van der Waals surface area contributed by atoms with E-state index >= 15 is 0 Å². The van der Waals surface area contributed by atoms with Crippen molar-refractivity contribution in [2.75, 3.05) is 19.6 Å². The van der Waals surface area contributed by atoms with Crippen molar-refractivity contribution in [2.45, 2.75) is 12.5 Å². The van der Waals surface area contributed by atoms with Gasteiger partial charge in [0, 0.05) is 37.9 Å². The van der Waals surface area contributed by atoms with Crippen molar-refractivity contribution in [3.63, 3.8) is 0 Å². The molecule has 6 nitrogen and oxygen atoms in total. The van der Waals surface area contributed by atoms with Crippen LogP contribution in [-0.4, -0.2) is 46.5 Å². The maximum atomic E-state index is 12.0. The standard InChI is InChI=1S/C16H20N4O2/c21-15-11-17-9-13(15)10-18-16(22)8-12-2-4-14(5-3-12)20-7-1-6-19-20/h1-7,13,15,17,21H,8-11H2,(H,18,22). The lowest BCUT2D eigenvalue weighted by atomic mass is 10.1. The number of carbonyl (C=O) groups is 1.